The van der Waals surface area contributed by atoms with E-state index in [2.05, 4.69) is 5.32 Å². The number of fused-ring (bicyclic) bond motifs is 1. The Labute approximate surface area is 255 Å². The molecule has 2 amide bonds. The van der Waals surface area contributed by atoms with Gasteiger partial charge in [-0.25, -0.2) is 4.39 Å². The number of halogens is 2. The van der Waals surface area contributed by atoms with E-state index in [0.717, 1.165) is 62.7 Å². The summed E-state index contributed by atoms with van der Waals surface area (Å²) < 4.78 is 23.7. The van der Waals surface area contributed by atoms with E-state index in [1.165, 1.54) is 13.2 Å². The monoisotopic (exact) mass is 608 g/mol. The van der Waals surface area contributed by atoms with E-state index < -0.39 is 17.2 Å². The van der Waals surface area contributed by atoms with E-state index in [9.17, 15) is 14.4 Å². The van der Waals surface area contributed by atoms with E-state index in [1.807, 2.05) is 33.4 Å². The molecule has 2 aliphatic heterocycles. The standard InChI is InChI=1S/C33H38ClFN4O4/c1-20-16-23(34)6-5-22(20)18-36-33(42)26-19-39(24-7-8-24)29-25(31(26)41)17-27(35)30(32(29)43-2)38-14-10-21(11-15-38)9-13-37-12-3-4-28(37)40/h5-6,16-17,19,21,24H,3-4,7-15,18H2,1-2H3,(H,36,42). The number of benzene rings is 2. The number of nitrogens with zero attached hydrogens (tertiary/aromatic N) is 3. The Bertz CT molecular complexity index is 1630. The minimum Gasteiger partial charge on any atom is -0.492 e. The number of carbonyl (C=O) groups excluding carboxylic acids is 2. The average Bonchev–Trinajstić information content (AvgIpc) is 3.76. The van der Waals surface area contributed by atoms with Crippen LogP contribution in [0.3, 0.4) is 0 Å². The fourth-order valence-corrected chi connectivity index (χ4v) is 6.81. The van der Waals surface area contributed by atoms with Gasteiger partial charge in [-0.2, -0.15) is 0 Å². The van der Waals surface area contributed by atoms with Gasteiger partial charge in [-0.1, -0.05) is 17.7 Å². The Morgan fingerprint density at radius 1 is 1.12 bits per heavy atom. The molecule has 0 bridgehead atoms. The van der Waals surface area contributed by atoms with Crippen molar-refractivity contribution < 1.29 is 18.7 Å². The molecule has 10 heteroatoms. The second-order valence-corrected chi connectivity index (χ2v) is 12.5. The van der Waals surface area contributed by atoms with Gasteiger partial charge in [0.25, 0.3) is 5.91 Å². The molecule has 1 aliphatic carbocycles. The number of carbonyl (C=O) groups is 2. The van der Waals surface area contributed by atoms with Gasteiger partial charge in [0.1, 0.15) is 11.3 Å². The van der Waals surface area contributed by atoms with Crippen molar-refractivity contribution in [1.82, 2.24) is 14.8 Å². The fourth-order valence-electron chi connectivity index (χ4n) is 6.59. The van der Waals surface area contributed by atoms with Crippen LogP contribution in [-0.2, 0) is 11.3 Å². The predicted octanol–water partition coefficient (Wildman–Crippen LogP) is 5.60. The molecule has 8 nitrogen and oxygen atoms in total. The second kappa shape index (κ2) is 12.2. The van der Waals surface area contributed by atoms with Gasteiger partial charge in [0.2, 0.25) is 11.3 Å². The van der Waals surface area contributed by atoms with E-state index in [4.69, 9.17) is 16.3 Å². The lowest BCUT2D eigenvalue weighted by Crippen LogP contribution is -2.36. The van der Waals surface area contributed by atoms with Crippen LogP contribution in [0.4, 0.5) is 10.1 Å². The van der Waals surface area contributed by atoms with Gasteiger partial charge in [0.05, 0.1) is 18.0 Å². The van der Waals surface area contributed by atoms with Gasteiger partial charge in [0, 0.05) is 56.4 Å². The summed E-state index contributed by atoms with van der Waals surface area (Å²) >= 11 is 6.06. The Balaban J connectivity index is 1.26. The molecule has 0 spiro atoms. The molecule has 0 atom stereocenters. The van der Waals surface area contributed by atoms with Crippen molar-refractivity contribution in [3.05, 3.63) is 68.2 Å². The first-order valence-electron chi connectivity index (χ1n) is 15.3. The van der Waals surface area contributed by atoms with E-state index in [-0.39, 0.29) is 29.4 Å². The number of rotatable bonds is 9. The second-order valence-electron chi connectivity index (χ2n) is 12.1. The Morgan fingerprint density at radius 2 is 1.88 bits per heavy atom. The van der Waals surface area contributed by atoms with Crippen LogP contribution in [-0.4, -0.2) is 54.6 Å². The largest absolute Gasteiger partial charge is 0.492 e. The van der Waals surface area contributed by atoms with Crippen LogP contribution < -0.4 is 20.4 Å². The number of piperidine rings is 1. The molecule has 0 unspecified atom stereocenters. The third-order valence-electron chi connectivity index (χ3n) is 9.24. The van der Waals surface area contributed by atoms with Crippen molar-refractivity contribution in [2.24, 2.45) is 5.92 Å². The molecular formula is C33H38ClFN4O4. The van der Waals surface area contributed by atoms with E-state index in [0.29, 0.717) is 47.4 Å². The van der Waals surface area contributed by atoms with Crippen molar-refractivity contribution in [3.63, 3.8) is 0 Å². The van der Waals surface area contributed by atoms with Gasteiger partial charge in [-0.05, 0) is 80.7 Å². The number of aryl methyl sites for hydroxylation is 1. The third-order valence-corrected chi connectivity index (χ3v) is 9.48. The molecule has 3 aliphatic rings. The summed E-state index contributed by atoms with van der Waals surface area (Å²) in [5.74, 6) is 0.0286. The van der Waals surface area contributed by atoms with Crippen LogP contribution in [0.5, 0.6) is 5.75 Å². The number of ether oxygens (including phenoxy) is 1. The lowest BCUT2D eigenvalue weighted by Gasteiger charge is -2.35. The van der Waals surface area contributed by atoms with Gasteiger partial charge in [-0.15, -0.1) is 0 Å². The molecule has 0 radical (unpaired) electrons. The quantitative estimate of drug-likeness (QED) is 0.342. The molecule has 2 saturated heterocycles. The summed E-state index contributed by atoms with van der Waals surface area (Å²) in [4.78, 5) is 42.9. The van der Waals surface area contributed by atoms with Crippen molar-refractivity contribution in [1.29, 1.82) is 0 Å². The van der Waals surface area contributed by atoms with Crippen LogP contribution >= 0.6 is 11.6 Å². The minimum atomic E-state index is -0.528. The molecule has 3 aromatic rings. The lowest BCUT2D eigenvalue weighted by molar-refractivity contribution is -0.127. The number of likely N-dealkylation sites (tertiary alicyclic amines) is 1. The number of hydrogen-bond donors (Lipinski definition) is 1. The average molecular weight is 609 g/mol. The Hall–Kier alpha value is -3.59. The first kappa shape index (κ1) is 29.5. The number of nitrogens with one attached hydrogen (secondary N) is 1. The normalized spacial score (nSPS) is 17.6. The number of pyridine rings is 1. The molecule has 228 valence electrons. The Morgan fingerprint density at radius 3 is 2.53 bits per heavy atom. The fraction of sp³-hybridized carbons (Fsp3) is 0.485. The summed E-state index contributed by atoms with van der Waals surface area (Å²) in [6.07, 6.45) is 7.77. The number of hydrogen-bond acceptors (Lipinski definition) is 5. The molecule has 3 fully saturated rings. The lowest BCUT2D eigenvalue weighted by atomic mass is 9.92. The van der Waals surface area contributed by atoms with Crippen LogP contribution in [0.15, 0.2) is 35.3 Å². The summed E-state index contributed by atoms with van der Waals surface area (Å²) in [6.45, 7) is 5.12. The number of methoxy groups -OCH3 is 1. The zero-order valence-corrected chi connectivity index (χ0v) is 25.5. The number of amides is 2. The van der Waals surface area contributed by atoms with Crippen LogP contribution in [0.25, 0.3) is 10.9 Å². The zero-order valence-electron chi connectivity index (χ0n) is 24.8. The molecule has 3 heterocycles. The number of aromatic nitrogens is 1. The van der Waals surface area contributed by atoms with Crippen molar-refractivity contribution in [3.8, 4) is 5.75 Å². The van der Waals surface area contributed by atoms with Gasteiger partial charge >= 0.3 is 0 Å². The van der Waals surface area contributed by atoms with Gasteiger partial charge in [0.15, 0.2) is 11.6 Å². The van der Waals surface area contributed by atoms with Crippen molar-refractivity contribution in [2.45, 2.75) is 64.5 Å². The maximum Gasteiger partial charge on any atom is 0.257 e. The van der Waals surface area contributed by atoms with Crippen LogP contribution in [0, 0.1) is 18.7 Å². The summed E-state index contributed by atoms with van der Waals surface area (Å²) in [5.41, 5.74) is 2.20. The summed E-state index contributed by atoms with van der Waals surface area (Å²) in [6, 6.07) is 6.82. The Kier molecular flexibility index (Phi) is 8.36. The molecular weight excluding hydrogens is 571 g/mol. The van der Waals surface area contributed by atoms with Gasteiger partial charge < -0.3 is 24.4 Å². The van der Waals surface area contributed by atoms with Crippen molar-refractivity contribution in [2.75, 3.05) is 38.2 Å². The highest BCUT2D eigenvalue weighted by Gasteiger charge is 2.32. The summed E-state index contributed by atoms with van der Waals surface area (Å²) in [7, 11) is 1.51. The van der Waals surface area contributed by atoms with Crippen LogP contribution in [0.2, 0.25) is 5.02 Å². The highest BCUT2D eigenvalue weighted by Crippen LogP contribution is 2.44. The van der Waals surface area contributed by atoms with Crippen LogP contribution in [0.1, 0.15) is 72.5 Å². The zero-order chi connectivity index (χ0) is 30.2. The highest BCUT2D eigenvalue weighted by atomic mass is 35.5. The maximum absolute atomic E-state index is 15.9. The summed E-state index contributed by atoms with van der Waals surface area (Å²) in [5, 5.41) is 3.62. The van der Waals surface area contributed by atoms with Gasteiger partial charge in [-0.3, -0.25) is 14.4 Å². The third kappa shape index (κ3) is 5.96. The molecule has 1 saturated carbocycles. The first-order valence-corrected chi connectivity index (χ1v) is 15.6. The maximum atomic E-state index is 15.9. The number of anilines is 1. The molecule has 1 N–H and O–H groups in total. The SMILES string of the molecule is COc1c(N2CCC(CCN3CCCC3=O)CC2)c(F)cc2c(=O)c(C(=O)NCc3ccc(Cl)cc3C)cn(C3CC3)c12. The molecule has 6 rings (SSSR count). The first-order chi connectivity index (χ1) is 20.7. The molecule has 1 aromatic heterocycles. The minimum absolute atomic E-state index is 0.0162. The van der Waals surface area contributed by atoms with Crippen molar-refractivity contribution >= 4 is 40.0 Å². The molecule has 43 heavy (non-hydrogen) atoms. The smallest absolute Gasteiger partial charge is 0.257 e. The topological polar surface area (TPSA) is 83.9 Å². The highest BCUT2D eigenvalue weighted by molar-refractivity contribution is 6.30. The predicted molar refractivity (Wildman–Crippen MR) is 166 cm³/mol. The van der Waals surface area contributed by atoms with E-state index >= 15 is 4.39 Å². The molecule has 2 aromatic carbocycles. The van der Waals surface area contributed by atoms with E-state index in [1.54, 1.807) is 12.3 Å².